The van der Waals surface area contributed by atoms with Crippen LogP contribution in [0.5, 0.6) is 5.75 Å². The summed E-state index contributed by atoms with van der Waals surface area (Å²) in [4.78, 5) is 11.2. The highest BCUT2D eigenvalue weighted by Crippen LogP contribution is 2.18. The molecule has 0 saturated carbocycles. The number of halogens is 1. The molecule has 0 radical (unpaired) electrons. The number of ether oxygens (including phenoxy) is 2. The third-order valence-corrected chi connectivity index (χ3v) is 1.61. The van der Waals surface area contributed by atoms with E-state index in [4.69, 9.17) is 16.3 Å². The molecule has 0 saturated heterocycles. The average Bonchev–Trinajstić information content (AvgIpc) is 2.18. The van der Waals surface area contributed by atoms with Crippen LogP contribution >= 0.6 is 11.6 Å². The quantitative estimate of drug-likeness (QED) is 0.554. The number of esters is 1. The number of benzene rings is 1. The number of methoxy groups -OCH3 is 1. The van der Waals surface area contributed by atoms with E-state index in [1.807, 2.05) is 0 Å². The van der Waals surface area contributed by atoms with E-state index in [1.54, 1.807) is 24.3 Å². The minimum Gasteiger partial charge on any atom is -0.477 e. The summed E-state index contributed by atoms with van der Waals surface area (Å²) in [6, 6.07) is 6.78. The van der Waals surface area contributed by atoms with Crippen molar-refractivity contribution in [3.05, 3.63) is 29.8 Å². The van der Waals surface area contributed by atoms with Crippen LogP contribution in [0.25, 0.3) is 0 Å². The van der Waals surface area contributed by atoms with Gasteiger partial charge in [0.2, 0.25) is 0 Å². The van der Waals surface area contributed by atoms with Crippen LogP contribution in [0.1, 0.15) is 10.4 Å². The predicted octanol–water partition coefficient (Wildman–Crippen LogP) is 2.05. The summed E-state index contributed by atoms with van der Waals surface area (Å²) in [5.41, 5.74) is 0.380. The molecule has 0 amide bonds. The topological polar surface area (TPSA) is 35.5 Å². The van der Waals surface area contributed by atoms with E-state index in [1.165, 1.54) is 7.11 Å². The van der Waals surface area contributed by atoms with Crippen LogP contribution in [0.4, 0.5) is 0 Å². The molecule has 0 aliphatic heterocycles. The summed E-state index contributed by atoms with van der Waals surface area (Å²) >= 11 is 5.38. The largest absolute Gasteiger partial charge is 0.477 e. The molecule has 0 bridgehead atoms. The maximum atomic E-state index is 11.2. The summed E-state index contributed by atoms with van der Waals surface area (Å²) in [5.74, 6) is 0.00469. The lowest BCUT2D eigenvalue weighted by Gasteiger charge is -2.06. The monoisotopic (exact) mass is 200 g/mol. The Labute approximate surface area is 81.2 Å². The number of carbonyl (C=O) groups is 1. The predicted molar refractivity (Wildman–Crippen MR) is 49.1 cm³/mol. The maximum absolute atomic E-state index is 11.2. The third kappa shape index (κ3) is 2.36. The van der Waals surface area contributed by atoms with Crippen molar-refractivity contribution < 1.29 is 14.3 Å². The highest BCUT2D eigenvalue weighted by molar-refractivity contribution is 6.17. The van der Waals surface area contributed by atoms with Gasteiger partial charge in [0.15, 0.2) is 6.07 Å². The molecule has 1 rings (SSSR count). The lowest BCUT2D eigenvalue weighted by molar-refractivity contribution is 0.0597. The first-order valence-electron chi connectivity index (χ1n) is 3.65. The molecule has 0 atom stereocenters. The average molecular weight is 201 g/mol. The maximum Gasteiger partial charge on any atom is 0.341 e. The molecule has 4 heteroatoms. The van der Waals surface area contributed by atoms with Crippen LogP contribution in [-0.2, 0) is 4.74 Å². The molecule has 1 aromatic carbocycles. The fourth-order valence-electron chi connectivity index (χ4n) is 0.930. The van der Waals surface area contributed by atoms with Gasteiger partial charge in [-0.15, -0.1) is 0 Å². The Kier molecular flexibility index (Phi) is 3.58. The molecule has 1 aromatic rings. The first kappa shape index (κ1) is 9.86. The van der Waals surface area contributed by atoms with Crippen LogP contribution in [0.2, 0.25) is 0 Å². The van der Waals surface area contributed by atoms with Gasteiger partial charge in [-0.1, -0.05) is 23.7 Å². The summed E-state index contributed by atoms with van der Waals surface area (Å²) < 4.78 is 9.59. The second-order valence-electron chi connectivity index (χ2n) is 2.24. The fraction of sp³-hybridized carbons (Fsp3) is 0.222. The molecule has 0 unspecified atom stereocenters. The normalized spacial score (nSPS) is 9.38. The summed E-state index contributed by atoms with van der Waals surface area (Å²) in [7, 11) is 1.32. The zero-order valence-corrected chi connectivity index (χ0v) is 7.88. The minimum atomic E-state index is -0.430. The van der Waals surface area contributed by atoms with Gasteiger partial charge >= 0.3 is 5.97 Å². The van der Waals surface area contributed by atoms with Crippen molar-refractivity contribution in [3.63, 3.8) is 0 Å². The molecule has 0 aliphatic rings. The second-order valence-corrected chi connectivity index (χ2v) is 2.46. The summed E-state index contributed by atoms with van der Waals surface area (Å²) in [5, 5.41) is 0. The van der Waals surface area contributed by atoms with Gasteiger partial charge in [0.25, 0.3) is 0 Å². The Morgan fingerprint density at radius 1 is 1.46 bits per heavy atom. The van der Waals surface area contributed by atoms with Gasteiger partial charge in [0.1, 0.15) is 11.3 Å². The number of hydrogen-bond acceptors (Lipinski definition) is 3. The molecule has 0 heterocycles. The van der Waals surface area contributed by atoms with E-state index >= 15 is 0 Å². The van der Waals surface area contributed by atoms with Crippen LogP contribution in [-0.4, -0.2) is 19.1 Å². The first-order valence-corrected chi connectivity index (χ1v) is 4.19. The standard InChI is InChI=1S/C9H9ClO3/c1-12-9(11)7-4-2-3-5-8(7)13-6-10/h2-5H,6H2,1H3. The van der Waals surface area contributed by atoms with Crippen LogP contribution in [0, 0.1) is 0 Å². The van der Waals surface area contributed by atoms with E-state index in [2.05, 4.69) is 4.74 Å². The van der Waals surface area contributed by atoms with E-state index in [0.29, 0.717) is 11.3 Å². The second kappa shape index (κ2) is 4.72. The summed E-state index contributed by atoms with van der Waals surface area (Å²) in [6.07, 6.45) is 0. The SMILES string of the molecule is COC(=O)c1ccccc1OCCl. The number of para-hydroxylation sites is 1. The Morgan fingerprint density at radius 3 is 2.77 bits per heavy atom. The van der Waals surface area contributed by atoms with Crippen LogP contribution in [0.3, 0.4) is 0 Å². The van der Waals surface area contributed by atoms with Crippen molar-refractivity contribution in [2.24, 2.45) is 0 Å². The van der Waals surface area contributed by atoms with Gasteiger partial charge in [-0.3, -0.25) is 0 Å². The van der Waals surface area contributed by atoms with Gasteiger partial charge in [0.05, 0.1) is 7.11 Å². The minimum absolute atomic E-state index is 0.00794. The van der Waals surface area contributed by atoms with Gasteiger partial charge in [-0.25, -0.2) is 4.79 Å². The highest BCUT2D eigenvalue weighted by Gasteiger charge is 2.11. The highest BCUT2D eigenvalue weighted by atomic mass is 35.5. The molecule has 70 valence electrons. The van der Waals surface area contributed by atoms with E-state index in [0.717, 1.165) is 0 Å². The van der Waals surface area contributed by atoms with E-state index in [-0.39, 0.29) is 6.07 Å². The zero-order valence-electron chi connectivity index (χ0n) is 7.12. The van der Waals surface area contributed by atoms with E-state index < -0.39 is 5.97 Å². The van der Waals surface area contributed by atoms with Gasteiger partial charge in [-0.05, 0) is 12.1 Å². The Morgan fingerprint density at radius 2 is 2.15 bits per heavy atom. The molecular formula is C9H9ClO3. The lowest BCUT2D eigenvalue weighted by atomic mass is 10.2. The number of carbonyl (C=O) groups excluding carboxylic acids is 1. The molecule has 0 N–H and O–H groups in total. The molecule has 0 aromatic heterocycles. The number of rotatable bonds is 3. The molecule has 3 nitrogen and oxygen atoms in total. The van der Waals surface area contributed by atoms with E-state index in [9.17, 15) is 4.79 Å². The van der Waals surface area contributed by atoms with Gasteiger partial charge < -0.3 is 9.47 Å². The number of alkyl halides is 1. The molecule has 0 spiro atoms. The van der Waals surface area contributed by atoms with Gasteiger partial charge in [0, 0.05) is 0 Å². The smallest absolute Gasteiger partial charge is 0.341 e. The zero-order chi connectivity index (χ0) is 9.68. The molecule has 0 fully saturated rings. The van der Waals surface area contributed by atoms with Gasteiger partial charge in [-0.2, -0.15) is 0 Å². The van der Waals surface area contributed by atoms with Crippen molar-refractivity contribution in [2.75, 3.05) is 13.2 Å². The Balaban J connectivity index is 2.97. The van der Waals surface area contributed by atoms with Crippen molar-refractivity contribution in [2.45, 2.75) is 0 Å². The number of hydrogen-bond donors (Lipinski definition) is 0. The molecule has 0 aliphatic carbocycles. The summed E-state index contributed by atoms with van der Waals surface area (Å²) in [6.45, 7) is 0. The molecule has 13 heavy (non-hydrogen) atoms. The van der Waals surface area contributed by atoms with Crippen molar-refractivity contribution in [1.29, 1.82) is 0 Å². The van der Waals surface area contributed by atoms with Crippen molar-refractivity contribution >= 4 is 17.6 Å². The third-order valence-electron chi connectivity index (χ3n) is 1.50. The van der Waals surface area contributed by atoms with Crippen LogP contribution < -0.4 is 4.74 Å². The van der Waals surface area contributed by atoms with Crippen molar-refractivity contribution in [1.82, 2.24) is 0 Å². The fourth-order valence-corrected chi connectivity index (χ4v) is 1.05. The van der Waals surface area contributed by atoms with Crippen LogP contribution in [0.15, 0.2) is 24.3 Å². The van der Waals surface area contributed by atoms with Crippen molar-refractivity contribution in [3.8, 4) is 5.75 Å². The first-order chi connectivity index (χ1) is 6.29. The lowest BCUT2D eigenvalue weighted by Crippen LogP contribution is -2.04. The Hall–Kier alpha value is -1.22. The Bertz CT molecular complexity index is 299. The molecular weight excluding hydrogens is 192 g/mol.